The number of hydrogen-bond acceptors (Lipinski definition) is 3. The predicted molar refractivity (Wildman–Crippen MR) is 72.8 cm³/mol. The Bertz CT molecular complexity index is 485. The first-order chi connectivity index (χ1) is 8.86. The predicted octanol–water partition coefficient (Wildman–Crippen LogP) is 2.79. The number of hydrogen-bond donors (Lipinski definition) is 1. The van der Waals surface area contributed by atoms with Crippen molar-refractivity contribution in [2.24, 2.45) is 0 Å². The van der Waals surface area contributed by atoms with Crippen molar-refractivity contribution in [2.75, 3.05) is 13.7 Å². The van der Waals surface area contributed by atoms with Crippen LogP contribution in [-0.4, -0.2) is 18.6 Å². The van der Waals surface area contributed by atoms with E-state index in [1.54, 1.807) is 13.3 Å². The fraction of sp³-hybridized carbons (Fsp3) is 0.267. The van der Waals surface area contributed by atoms with Gasteiger partial charge in [0, 0.05) is 18.0 Å². The van der Waals surface area contributed by atoms with Gasteiger partial charge in [0.15, 0.2) is 0 Å². The van der Waals surface area contributed by atoms with E-state index in [1.165, 1.54) is 0 Å². The van der Waals surface area contributed by atoms with Gasteiger partial charge < -0.3 is 10.1 Å². The van der Waals surface area contributed by atoms with Gasteiger partial charge >= 0.3 is 0 Å². The summed E-state index contributed by atoms with van der Waals surface area (Å²) in [5.41, 5.74) is 2.28. The van der Waals surface area contributed by atoms with Gasteiger partial charge in [-0.1, -0.05) is 31.2 Å². The average molecular weight is 242 g/mol. The molecule has 18 heavy (non-hydrogen) atoms. The average Bonchev–Trinajstić information content (AvgIpc) is 2.46. The van der Waals surface area contributed by atoms with Gasteiger partial charge in [-0.2, -0.15) is 0 Å². The third kappa shape index (κ3) is 2.68. The van der Waals surface area contributed by atoms with Crippen molar-refractivity contribution in [3.05, 3.63) is 59.9 Å². The number of para-hydroxylation sites is 1. The van der Waals surface area contributed by atoms with E-state index in [2.05, 4.69) is 29.4 Å². The van der Waals surface area contributed by atoms with Crippen LogP contribution < -0.4 is 10.1 Å². The Morgan fingerprint density at radius 2 is 2.06 bits per heavy atom. The topological polar surface area (TPSA) is 34.2 Å². The largest absolute Gasteiger partial charge is 0.496 e. The Morgan fingerprint density at radius 3 is 2.72 bits per heavy atom. The number of pyridine rings is 1. The van der Waals surface area contributed by atoms with E-state index in [1.807, 2.05) is 30.5 Å². The molecule has 1 heterocycles. The minimum absolute atomic E-state index is 0.111. The Kier molecular flexibility index (Phi) is 4.31. The summed E-state index contributed by atoms with van der Waals surface area (Å²) in [5, 5.41) is 3.47. The van der Waals surface area contributed by atoms with Crippen molar-refractivity contribution in [2.45, 2.75) is 13.0 Å². The molecule has 0 saturated carbocycles. The first-order valence-corrected chi connectivity index (χ1v) is 6.13. The molecular formula is C15H18N2O. The van der Waals surface area contributed by atoms with E-state index in [0.717, 1.165) is 23.4 Å². The van der Waals surface area contributed by atoms with Gasteiger partial charge in [-0.25, -0.2) is 0 Å². The SMILES string of the molecule is CCNC(c1cccnc1)c1ccccc1OC. The number of benzene rings is 1. The lowest BCUT2D eigenvalue weighted by atomic mass is 9.99. The molecule has 0 bridgehead atoms. The Balaban J connectivity index is 2.41. The molecule has 0 saturated heterocycles. The number of nitrogens with zero attached hydrogens (tertiary/aromatic N) is 1. The molecule has 0 radical (unpaired) electrons. The lowest BCUT2D eigenvalue weighted by molar-refractivity contribution is 0.404. The van der Waals surface area contributed by atoms with Gasteiger partial charge in [0.25, 0.3) is 0 Å². The molecule has 3 nitrogen and oxygen atoms in total. The smallest absolute Gasteiger partial charge is 0.123 e. The molecule has 1 aromatic carbocycles. The Morgan fingerprint density at radius 1 is 1.22 bits per heavy atom. The van der Waals surface area contributed by atoms with Gasteiger partial charge in [-0.3, -0.25) is 4.98 Å². The van der Waals surface area contributed by atoms with Crippen molar-refractivity contribution in [1.82, 2.24) is 10.3 Å². The molecule has 2 aromatic rings. The summed E-state index contributed by atoms with van der Waals surface area (Å²) >= 11 is 0. The number of nitrogens with one attached hydrogen (secondary N) is 1. The molecule has 3 heteroatoms. The van der Waals surface area contributed by atoms with E-state index in [9.17, 15) is 0 Å². The minimum Gasteiger partial charge on any atom is -0.496 e. The van der Waals surface area contributed by atoms with Crippen LogP contribution >= 0.6 is 0 Å². The van der Waals surface area contributed by atoms with Crippen molar-refractivity contribution < 1.29 is 4.74 Å². The maximum atomic E-state index is 5.43. The second kappa shape index (κ2) is 6.17. The Hall–Kier alpha value is -1.87. The van der Waals surface area contributed by atoms with E-state index in [4.69, 9.17) is 4.74 Å². The van der Waals surface area contributed by atoms with Crippen LogP contribution in [0.1, 0.15) is 24.1 Å². The zero-order chi connectivity index (χ0) is 12.8. The van der Waals surface area contributed by atoms with Gasteiger partial charge in [0.2, 0.25) is 0 Å². The first-order valence-electron chi connectivity index (χ1n) is 6.13. The highest BCUT2D eigenvalue weighted by molar-refractivity contribution is 5.40. The fourth-order valence-corrected chi connectivity index (χ4v) is 2.06. The standard InChI is InChI=1S/C15H18N2O/c1-3-17-15(12-7-6-10-16-11-12)13-8-4-5-9-14(13)18-2/h4-11,15,17H,3H2,1-2H3. The molecule has 2 rings (SSSR count). The third-order valence-electron chi connectivity index (χ3n) is 2.88. The molecule has 1 unspecified atom stereocenters. The summed E-state index contributed by atoms with van der Waals surface area (Å²) < 4.78 is 5.43. The van der Waals surface area contributed by atoms with Gasteiger partial charge in [0.1, 0.15) is 5.75 Å². The lowest BCUT2D eigenvalue weighted by Crippen LogP contribution is -2.22. The molecule has 1 N–H and O–H groups in total. The monoisotopic (exact) mass is 242 g/mol. The molecule has 94 valence electrons. The van der Waals surface area contributed by atoms with Gasteiger partial charge in [-0.05, 0) is 24.2 Å². The molecule has 1 aromatic heterocycles. The van der Waals surface area contributed by atoms with Crippen LogP contribution in [-0.2, 0) is 0 Å². The Labute approximate surface area is 108 Å². The second-order valence-electron chi connectivity index (χ2n) is 4.02. The summed E-state index contributed by atoms with van der Waals surface area (Å²) in [5.74, 6) is 0.896. The van der Waals surface area contributed by atoms with Crippen molar-refractivity contribution in [3.8, 4) is 5.75 Å². The zero-order valence-electron chi connectivity index (χ0n) is 10.8. The summed E-state index contributed by atoms with van der Waals surface area (Å²) in [7, 11) is 1.70. The summed E-state index contributed by atoms with van der Waals surface area (Å²) in [6.45, 7) is 2.98. The first kappa shape index (κ1) is 12.6. The van der Waals surface area contributed by atoms with Crippen LogP contribution in [0.4, 0.5) is 0 Å². The van der Waals surface area contributed by atoms with Crippen LogP contribution in [0.15, 0.2) is 48.8 Å². The van der Waals surface area contributed by atoms with Crippen LogP contribution in [0.25, 0.3) is 0 Å². The highest BCUT2D eigenvalue weighted by Gasteiger charge is 2.16. The number of methoxy groups -OCH3 is 1. The highest BCUT2D eigenvalue weighted by Crippen LogP contribution is 2.29. The highest BCUT2D eigenvalue weighted by atomic mass is 16.5. The van der Waals surface area contributed by atoms with E-state index in [-0.39, 0.29) is 6.04 Å². The molecule has 0 amide bonds. The van der Waals surface area contributed by atoms with Gasteiger partial charge in [-0.15, -0.1) is 0 Å². The summed E-state index contributed by atoms with van der Waals surface area (Å²) in [6, 6.07) is 12.2. The molecule has 0 spiro atoms. The maximum Gasteiger partial charge on any atom is 0.123 e. The summed E-state index contributed by atoms with van der Waals surface area (Å²) in [4.78, 5) is 4.19. The summed E-state index contributed by atoms with van der Waals surface area (Å²) in [6.07, 6.45) is 3.68. The van der Waals surface area contributed by atoms with Crippen LogP contribution in [0.2, 0.25) is 0 Å². The van der Waals surface area contributed by atoms with Crippen molar-refractivity contribution in [3.63, 3.8) is 0 Å². The normalized spacial score (nSPS) is 12.1. The van der Waals surface area contributed by atoms with E-state index in [0.29, 0.717) is 0 Å². The molecule has 0 aliphatic heterocycles. The van der Waals surface area contributed by atoms with Gasteiger partial charge in [0.05, 0.1) is 13.2 Å². The van der Waals surface area contributed by atoms with E-state index >= 15 is 0 Å². The third-order valence-corrected chi connectivity index (χ3v) is 2.88. The van der Waals surface area contributed by atoms with Crippen molar-refractivity contribution in [1.29, 1.82) is 0 Å². The lowest BCUT2D eigenvalue weighted by Gasteiger charge is -2.20. The number of ether oxygens (including phenoxy) is 1. The van der Waals surface area contributed by atoms with Crippen LogP contribution in [0.5, 0.6) is 5.75 Å². The number of aromatic nitrogens is 1. The minimum atomic E-state index is 0.111. The van der Waals surface area contributed by atoms with Crippen molar-refractivity contribution >= 4 is 0 Å². The maximum absolute atomic E-state index is 5.43. The number of rotatable bonds is 5. The van der Waals surface area contributed by atoms with Crippen LogP contribution in [0, 0.1) is 0 Å². The second-order valence-corrected chi connectivity index (χ2v) is 4.02. The fourth-order valence-electron chi connectivity index (χ4n) is 2.06. The quantitative estimate of drug-likeness (QED) is 0.875. The molecular weight excluding hydrogens is 224 g/mol. The molecule has 1 atom stereocenters. The molecule has 0 fully saturated rings. The molecule has 0 aliphatic rings. The van der Waals surface area contributed by atoms with E-state index < -0.39 is 0 Å². The molecule has 0 aliphatic carbocycles. The van der Waals surface area contributed by atoms with Crippen LogP contribution in [0.3, 0.4) is 0 Å². The zero-order valence-corrected chi connectivity index (χ0v) is 10.8.